The summed E-state index contributed by atoms with van der Waals surface area (Å²) in [5, 5.41) is 4.10. The molecule has 0 aliphatic heterocycles. The van der Waals surface area contributed by atoms with Gasteiger partial charge in [0, 0.05) is 24.2 Å². The molecule has 1 rings (SSSR count). The molecule has 90 valence electrons. The van der Waals surface area contributed by atoms with Crippen molar-refractivity contribution in [2.75, 3.05) is 27.8 Å². The molecule has 0 aliphatic carbocycles. The van der Waals surface area contributed by atoms with E-state index in [1.807, 2.05) is 7.05 Å². The van der Waals surface area contributed by atoms with Crippen molar-refractivity contribution >= 4 is 23.2 Å². The zero-order valence-electron chi connectivity index (χ0n) is 9.51. The van der Waals surface area contributed by atoms with Crippen LogP contribution in [0.1, 0.15) is 11.7 Å². The van der Waals surface area contributed by atoms with Crippen LogP contribution in [-0.4, -0.2) is 27.8 Å². The highest BCUT2D eigenvalue weighted by Gasteiger charge is 2.18. The first kappa shape index (κ1) is 13.6. The van der Waals surface area contributed by atoms with Crippen LogP contribution in [0.25, 0.3) is 0 Å². The van der Waals surface area contributed by atoms with Gasteiger partial charge < -0.3 is 14.8 Å². The average Bonchev–Trinajstić information content (AvgIpc) is 2.25. The van der Waals surface area contributed by atoms with Gasteiger partial charge in [-0.05, 0) is 19.2 Å². The molecule has 3 nitrogen and oxygen atoms in total. The largest absolute Gasteiger partial charge is 0.495 e. The molecule has 0 bridgehead atoms. The standard InChI is InChI=1S/C11H15Cl2NO2/c1-14-6-10(15-2)8-4-7(12)5-9(13)11(8)16-3/h4-5,10,14H,6H2,1-3H3. The fraction of sp³-hybridized carbons (Fsp3) is 0.455. The molecule has 0 spiro atoms. The van der Waals surface area contributed by atoms with Crippen LogP contribution >= 0.6 is 23.2 Å². The first-order valence-corrected chi connectivity index (χ1v) is 5.60. The lowest BCUT2D eigenvalue weighted by Gasteiger charge is -2.19. The summed E-state index contributed by atoms with van der Waals surface area (Å²) in [5.74, 6) is 0.605. The smallest absolute Gasteiger partial charge is 0.143 e. The van der Waals surface area contributed by atoms with E-state index in [-0.39, 0.29) is 6.10 Å². The molecule has 1 aromatic carbocycles. The Morgan fingerprint density at radius 1 is 1.31 bits per heavy atom. The number of rotatable bonds is 5. The topological polar surface area (TPSA) is 30.5 Å². The van der Waals surface area contributed by atoms with Gasteiger partial charge in [-0.2, -0.15) is 0 Å². The van der Waals surface area contributed by atoms with Gasteiger partial charge in [0.2, 0.25) is 0 Å². The predicted octanol–water partition coefficient (Wildman–Crippen LogP) is 2.91. The van der Waals surface area contributed by atoms with Gasteiger partial charge in [0.1, 0.15) is 5.75 Å². The van der Waals surface area contributed by atoms with Crippen LogP contribution in [0.15, 0.2) is 12.1 Å². The van der Waals surface area contributed by atoms with Crippen molar-refractivity contribution in [3.63, 3.8) is 0 Å². The maximum absolute atomic E-state index is 6.05. The van der Waals surface area contributed by atoms with E-state index < -0.39 is 0 Å². The number of benzene rings is 1. The Balaban J connectivity index is 3.17. The minimum Gasteiger partial charge on any atom is -0.495 e. The second kappa shape index (κ2) is 6.30. The summed E-state index contributed by atoms with van der Waals surface area (Å²) in [7, 11) is 5.06. The summed E-state index contributed by atoms with van der Waals surface area (Å²) in [6.07, 6.45) is -0.142. The lowest BCUT2D eigenvalue weighted by molar-refractivity contribution is 0.102. The second-order valence-electron chi connectivity index (χ2n) is 3.29. The van der Waals surface area contributed by atoms with Crippen molar-refractivity contribution in [3.8, 4) is 5.75 Å². The fourth-order valence-corrected chi connectivity index (χ4v) is 2.13. The summed E-state index contributed by atoms with van der Waals surface area (Å²) in [6, 6.07) is 3.45. The third-order valence-electron chi connectivity index (χ3n) is 2.26. The summed E-state index contributed by atoms with van der Waals surface area (Å²) in [5.41, 5.74) is 0.844. The van der Waals surface area contributed by atoms with Gasteiger partial charge in [-0.3, -0.25) is 0 Å². The van der Waals surface area contributed by atoms with E-state index >= 15 is 0 Å². The second-order valence-corrected chi connectivity index (χ2v) is 4.14. The molecule has 16 heavy (non-hydrogen) atoms. The van der Waals surface area contributed by atoms with Crippen molar-refractivity contribution in [2.24, 2.45) is 0 Å². The highest BCUT2D eigenvalue weighted by Crippen LogP contribution is 2.36. The Morgan fingerprint density at radius 2 is 2.00 bits per heavy atom. The lowest BCUT2D eigenvalue weighted by Crippen LogP contribution is -2.19. The fourth-order valence-electron chi connectivity index (χ4n) is 1.54. The molecule has 0 aromatic heterocycles. The number of ether oxygens (including phenoxy) is 2. The van der Waals surface area contributed by atoms with Gasteiger partial charge in [-0.25, -0.2) is 0 Å². The molecule has 1 unspecified atom stereocenters. The van der Waals surface area contributed by atoms with Crippen molar-refractivity contribution in [2.45, 2.75) is 6.10 Å². The minimum absolute atomic E-state index is 0.142. The zero-order chi connectivity index (χ0) is 12.1. The van der Waals surface area contributed by atoms with Gasteiger partial charge in [-0.1, -0.05) is 23.2 Å². The highest BCUT2D eigenvalue weighted by atomic mass is 35.5. The molecule has 0 fully saturated rings. The molecule has 0 saturated heterocycles. The molecule has 0 radical (unpaired) electrons. The number of nitrogens with one attached hydrogen (secondary N) is 1. The van der Waals surface area contributed by atoms with Crippen LogP contribution in [0, 0.1) is 0 Å². The van der Waals surface area contributed by atoms with Crippen LogP contribution in [0.5, 0.6) is 5.75 Å². The van der Waals surface area contributed by atoms with Gasteiger partial charge in [0.25, 0.3) is 0 Å². The maximum atomic E-state index is 6.05. The Bertz CT molecular complexity index is 358. The summed E-state index contributed by atoms with van der Waals surface area (Å²) < 4.78 is 10.6. The first-order chi connectivity index (χ1) is 7.63. The number of halogens is 2. The van der Waals surface area contributed by atoms with Crippen molar-refractivity contribution in [1.82, 2.24) is 5.32 Å². The summed E-state index contributed by atoms with van der Waals surface area (Å²) in [6.45, 7) is 0.656. The quantitative estimate of drug-likeness (QED) is 0.887. The third-order valence-corrected chi connectivity index (χ3v) is 2.76. The van der Waals surface area contributed by atoms with Crippen LogP contribution in [0.4, 0.5) is 0 Å². The maximum Gasteiger partial charge on any atom is 0.143 e. The van der Waals surface area contributed by atoms with Gasteiger partial charge in [-0.15, -0.1) is 0 Å². The third kappa shape index (κ3) is 3.01. The number of likely N-dealkylation sites (N-methyl/N-ethyl adjacent to an activating group) is 1. The Hall–Kier alpha value is -0.480. The summed E-state index contributed by atoms with van der Waals surface area (Å²) in [4.78, 5) is 0. The van der Waals surface area contributed by atoms with Crippen LogP contribution in [0.3, 0.4) is 0 Å². The predicted molar refractivity (Wildman–Crippen MR) is 66.7 cm³/mol. The average molecular weight is 264 g/mol. The van der Waals surface area contributed by atoms with E-state index in [0.717, 1.165) is 5.56 Å². The van der Waals surface area contributed by atoms with E-state index in [9.17, 15) is 0 Å². The molecule has 0 aliphatic rings. The van der Waals surface area contributed by atoms with Crippen LogP contribution in [0.2, 0.25) is 10.0 Å². The molecule has 1 aromatic rings. The lowest BCUT2D eigenvalue weighted by atomic mass is 10.1. The molecule has 5 heteroatoms. The monoisotopic (exact) mass is 263 g/mol. The van der Waals surface area contributed by atoms with Gasteiger partial charge in [0.15, 0.2) is 0 Å². The van der Waals surface area contributed by atoms with Crippen molar-refractivity contribution in [1.29, 1.82) is 0 Å². The van der Waals surface area contributed by atoms with Crippen LogP contribution < -0.4 is 10.1 Å². The Labute approximate surface area is 106 Å². The SMILES string of the molecule is CNCC(OC)c1cc(Cl)cc(Cl)c1OC. The van der Waals surface area contributed by atoms with Crippen molar-refractivity contribution in [3.05, 3.63) is 27.7 Å². The van der Waals surface area contributed by atoms with E-state index in [1.54, 1.807) is 26.4 Å². The number of methoxy groups -OCH3 is 2. The molecular weight excluding hydrogens is 249 g/mol. The highest BCUT2D eigenvalue weighted by molar-refractivity contribution is 6.35. The van der Waals surface area contributed by atoms with Gasteiger partial charge in [0.05, 0.1) is 18.2 Å². The van der Waals surface area contributed by atoms with E-state index in [4.69, 9.17) is 32.7 Å². The molecule has 0 amide bonds. The van der Waals surface area contributed by atoms with Gasteiger partial charge >= 0.3 is 0 Å². The molecule has 1 N–H and O–H groups in total. The molecule has 0 saturated carbocycles. The Morgan fingerprint density at radius 3 is 2.50 bits per heavy atom. The molecular formula is C11H15Cl2NO2. The summed E-state index contributed by atoms with van der Waals surface area (Å²) >= 11 is 12.0. The van der Waals surface area contributed by atoms with E-state index in [2.05, 4.69) is 5.32 Å². The normalized spacial score (nSPS) is 12.6. The van der Waals surface area contributed by atoms with E-state index in [0.29, 0.717) is 22.3 Å². The molecule has 1 atom stereocenters. The van der Waals surface area contributed by atoms with Crippen LogP contribution in [-0.2, 0) is 4.74 Å². The minimum atomic E-state index is -0.142. The Kier molecular flexibility index (Phi) is 5.35. The first-order valence-electron chi connectivity index (χ1n) is 4.84. The zero-order valence-corrected chi connectivity index (χ0v) is 11.0. The number of hydrogen-bond donors (Lipinski definition) is 1. The van der Waals surface area contributed by atoms with E-state index in [1.165, 1.54) is 0 Å². The molecule has 0 heterocycles. The number of hydrogen-bond acceptors (Lipinski definition) is 3. The van der Waals surface area contributed by atoms with Crippen molar-refractivity contribution < 1.29 is 9.47 Å².